The highest BCUT2D eigenvalue weighted by Crippen LogP contribution is 2.29. The minimum absolute atomic E-state index is 0.0321. The topological polar surface area (TPSA) is 145 Å². The lowest BCUT2D eigenvalue weighted by Gasteiger charge is -2.09. The van der Waals surface area contributed by atoms with Crippen LogP contribution in [-0.2, 0) is 12.8 Å². The third-order valence-electron chi connectivity index (χ3n) is 5.35. The van der Waals surface area contributed by atoms with E-state index in [1.54, 1.807) is 0 Å². The molecule has 0 radical (unpaired) electrons. The smallest absolute Gasteiger partial charge is 0.280 e. The number of benzene rings is 2. The van der Waals surface area contributed by atoms with Gasteiger partial charge in [0.05, 0.1) is 0 Å². The van der Waals surface area contributed by atoms with Crippen LogP contribution in [0.25, 0.3) is 11.1 Å². The molecule has 0 aliphatic rings. The predicted molar refractivity (Wildman–Crippen MR) is 144 cm³/mol. The summed E-state index contributed by atoms with van der Waals surface area (Å²) in [6, 6.07) is 14.7. The molecule has 8 nitrogen and oxygen atoms in total. The van der Waals surface area contributed by atoms with Crippen molar-refractivity contribution in [3.63, 3.8) is 0 Å². The molecular weight excluding hydrogens is 485 g/mol. The van der Waals surface area contributed by atoms with Crippen molar-refractivity contribution in [3.05, 3.63) is 69.5 Å². The molecule has 3 rings (SSSR count). The van der Waals surface area contributed by atoms with E-state index >= 15 is 0 Å². The van der Waals surface area contributed by atoms with E-state index in [1.807, 2.05) is 0 Å². The fraction of sp³-hybridized carbons (Fsp3) is 0.280. The number of aliphatic imine (C=N–C) groups is 1. The standard InChI is InChI=1S/C25H29Cl2N7O/c1-2-5-16-9-12-18(19(26)14-16)17-10-7-15(8-11-17)6-3-4-13-31-25(30)34-24(35)20-22(28)33-23(29)21(27)32-20/h7-12,14H,2-6,13H2,1H3,(H4,28,29,33)(H3,30,31,34,35). The van der Waals surface area contributed by atoms with Gasteiger partial charge in [-0.25, -0.2) is 9.97 Å². The molecular formula is C25H29Cl2N7O. The molecule has 1 aromatic heterocycles. The number of nitrogens with two attached hydrogens (primary N) is 3. The van der Waals surface area contributed by atoms with Gasteiger partial charge < -0.3 is 17.2 Å². The molecule has 3 aromatic rings. The molecule has 2 aromatic carbocycles. The van der Waals surface area contributed by atoms with Gasteiger partial charge in [0.2, 0.25) is 0 Å². The average molecular weight is 514 g/mol. The molecule has 10 heteroatoms. The maximum atomic E-state index is 12.2. The fourth-order valence-electron chi connectivity index (χ4n) is 3.55. The van der Waals surface area contributed by atoms with Crippen LogP contribution in [0.3, 0.4) is 0 Å². The molecule has 184 valence electrons. The summed E-state index contributed by atoms with van der Waals surface area (Å²) in [6.45, 7) is 2.62. The van der Waals surface area contributed by atoms with E-state index < -0.39 is 5.91 Å². The van der Waals surface area contributed by atoms with Crippen molar-refractivity contribution in [1.29, 1.82) is 0 Å². The molecule has 1 heterocycles. The lowest BCUT2D eigenvalue weighted by molar-refractivity contribution is 0.0972. The first kappa shape index (κ1) is 26.2. The van der Waals surface area contributed by atoms with Gasteiger partial charge in [0.25, 0.3) is 5.91 Å². The quantitative estimate of drug-likeness (QED) is 0.186. The highest BCUT2D eigenvalue weighted by atomic mass is 35.5. The number of nitrogens with zero attached hydrogens (tertiary/aromatic N) is 3. The molecule has 0 spiro atoms. The molecule has 0 saturated carbocycles. The first-order valence-electron chi connectivity index (χ1n) is 11.4. The maximum Gasteiger partial charge on any atom is 0.280 e. The Hall–Kier alpha value is -3.36. The number of aromatic nitrogens is 2. The van der Waals surface area contributed by atoms with E-state index in [2.05, 4.69) is 69.7 Å². The number of amides is 1. The number of nitrogen functional groups attached to an aromatic ring is 2. The number of anilines is 2. The van der Waals surface area contributed by atoms with E-state index in [4.69, 9.17) is 40.4 Å². The summed E-state index contributed by atoms with van der Waals surface area (Å²) in [7, 11) is 0. The van der Waals surface area contributed by atoms with Crippen molar-refractivity contribution in [2.45, 2.75) is 39.0 Å². The van der Waals surface area contributed by atoms with Crippen LogP contribution >= 0.6 is 23.2 Å². The third-order valence-corrected chi connectivity index (χ3v) is 5.95. The van der Waals surface area contributed by atoms with Crippen molar-refractivity contribution in [1.82, 2.24) is 15.3 Å². The summed E-state index contributed by atoms with van der Waals surface area (Å²) in [5, 5.41) is 3.09. The molecule has 7 N–H and O–H groups in total. The Kier molecular flexibility index (Phi) is 9.28. The Morgan fingerprint density at radius 1 is 0.971 bits per heavy atom. The highest BCUT2D eigenvalue weighted by molar-refractivity contribution is 6.33. The van der Waals surface area contributed by atoms with Crippen LogP contribution in [0.2, 0.25) is 10.2 Å². The second-order valence-electron chi connectivity index (χ2n) is 8.07. The minimum Gasteiger partial charge on any atom is -0.382 e. The largest absolute Gasteiger partial charge is 0.382 e. The number of aryl methyl sites for hydroxylation is 2. The van der Waals surface area contributed by atoms with E-state index in [-0.39, 0.29) is 28.4 Å². The van der Waals surface area contributed by atoms with Crippen molar-refractivity contribution >= 4 is 46.7 Å². The van der Waals surface area contributed by atoms with Gasteiger partial charge in [0.1, 0.15) is 0 Å². The summed E-state index contributed by atoms with van der Waals surface area (Å²) >= 11 is 12.3. The molecule has 0 saturated heterocycles. The summed E-state index contributed by atoms with van der Waals surface area (Å²) in [5.41, 5.74) is 21.4. The number of unbranched alkanes of at least 4 members (excludes halogenated alkanes) is 1. The number of nitrogens with one attached hydrogen (secondary N) is 1. The zero-order chi connectivity index (χ0) is 25.4. The second-order valence-corrected chi connectivity index (χ2v) is 8.84. The van der Waals surface area contributed by atoms with Gasteiger partial charge in [0, 0.05) is 17.1 Å². The van der Waals surface area contributed by atoms with Crippen molar-refractivity contribution in [2.75, 3.05) is 18.0 Å². The van der Waals surface area contributed by atoms with Gasteiger partial charge in [-0.05, 0) is 48.4 Å². The summed E-state index contributed by atoms with van der Waals surface area (Å²) in [5.74, 6) is -0.880. The first-order chi connectivity index (χ1) is 16.8. The fourth-order valence-corrected chi connectivity index (χ4v) is 3.99. The summed E-state index contributed by atoms with van der Waals surface area (Å²) in [4.78, 5) is 24.0. The van der Waals surface area contributed by atoms with Crippen molar-refractivity contribution in [3.8, 4) is 11.1 Å². The van der Waals surface area contributed by atoms with Crippen LogP contribution in [0.15, 0.2) is 47.5 Å². The molecule has 0 unspecified atom stereocenters. The van der Waals surface area contributed by atoms with Crippen LogP contribution in [0.4, 0.5) is 11.6 Å². The number of hydrogen-bond acceptors (Lipinski definition) is 6. The number of carbonyl (C=O) groups is 1. The molecule has 0 atom stereocenters. The first-order valence-corrected chi connectivity index (χ1v) is 12.1. The predicted octanol–water partition coefficient (Wildman–Crippen LogP) is 4.63. The van der Waals surface area contributed by atoms with Crippen LogP contribution in [-0.4, -0.2) is 28.4 Å². The average Bonchev–Trinajstić information content (AvgIpc) is 2.82. The minimum atomic E-state index is -0.654. The Balaban J connectivity index is 1.46. The van der Waals surface area contributed by atoms with Crippen LogP contribution in [0.5, 0.6) is 0 Å². The number of carbonyl (C=O) groups excluding carboxylic acids is 1. The third kappa shape index (κ3) is 7.31. The van der Waals surface area contributed by atoms with Gasteiger partial charge in [-0.15, -0.1) is 0 Å². The van der Waals surface area contributed by atoms with Crippen molar-refractivity contribution in [2.24, 2.45) is 10.7 Å². The molecule has 0 fully saturated rings. The SMILES string of the molecule is CCCc1ccc(-c2ccc(CCCCN=C(N)NC(=O)c3nc(Cl)c(N)nc3N)cc2)c(Cl)c1. The zero-order valence-corrected chi connectivity index (χ0v) is 21.0. The molecule has 0 aliphatic carbocycles. The van der Waals surface area contributed by atoms with E-state index in [0.717, 1.165) is 48.3 Å². The van der Waals surface area contributed by atoms with Gasteiger partial charge in [-0.3, -0.25) is 15.1 Å². The Labute approximate surface area is 215 Å². The van der Waals surface area contributed by atoms with Gasteiger partial charge in [0.15, 0.2) is 28.4 Å². The van der Waals surface area contributed by atoms with E-state index in [9.17, 15) is 4.79 Å². The van der Waals surface area contributed by atoms with E-state index in [1.165, 1.54) is 11.1 Å². The van der Waals surface area contributed by atoms with Crippen LogP contribution in [0.1, 0.15) is 47.8 Å². The Morgan fingerprint density at radius 3 is 2.37 bits per heavy atom. The van der Waals surface area contributed by atoms with Crippen LogP contribution < -0.4 is 22.5 Å². The molecule has 35 heavy (non-hydrogen) atoms. The summed E-state index contributed by atoms with van der Waals surface area (Å²) < 4.78 is 0. The highest BCUT2D eigenvalue weighted by Gasteiger charge is 2.16. The van der Waals surface area contributed by atoms with Gasteiger partial charge in [-0.1, -0.05) is 72.9 Å². The summed E-state index contributed by atoms with van der Waals surface area (Å²) in [6.07, 6.45) is 4.75. The Bertz CT molecular complexity index is 1210. The molecule has 1 amide bonds. The Morgan fingerprint density at radius 2 is 1.69 bits per heavy atom. The van der Waals surface area contributed by atoms with Gasteiger partial charge >= 0.3 is 0 Å². The number of rotatable bonds is 9. The molecule has 0 aliphatic heterocycles. The lowest BCUT2D eigenvalue weighted by atomic mass is 9.99. The van der Waals surface area contributed by atoms with Crippen molar-refractivity contribution < 1.29 is 4.79 Å². The number of halogens is 2. The van der Waals surface area contributed by atoms with E-state index in [0.29, 0.717) is 6.54 Å². The van der Waals surface area contributed by atoms with Gasteiger partial charge in [-0.2, -0.15) is 0 Å². The second kappa shape index (κ2) is 12.4. The monoisotopic (exact) mass is 513 g/mol. The molecule has 0 bridgehead atoms. The zero-order valence-electron chi connectivity index (χ0n) is 19.5. The van der Waals surface area contributed by atoms with Crippen LogP contribution in [0, 0.1) is 0 Å². The number of hydrogen-bond donors (Lipinski definition) is 4. The maximum absolute atomic E-state index is 12.2. The normalized spacial score (nSPS) is 11.5. The lowest BCUT2D eigenvalue weighted by Crippen LogP contribution is -2.38. The number of guanidine groups is 1.